The van der Waals surface area contributed by atoms with Crippen molar-refractivity contribution in [1.82, 2.24) is 10.6 Å². The van der Waals surface area contributed by atoms with Crippen molar-refractivity contribution in [3.8, 4) is 0 Å². The van der Waals surface area contributed by atoms with E-state index in [2.05, 4.69) is 10.6 Å². The molecule has 3 unspecified atom stereocenters. The second kappa shape index (κ2) is 8.99. The van der Waals surface area contributed by atoms with Gasteiger partial charge in [-0.15, -0.1) is 0 Å². The number of rotatable bonds is 7. The molecule has 27 heavy (non-hydrogen) atoms. The van der Waals surface area contributed by atoms with E-state index in [1.165, 1.54) is 14.0 Å². The first-order valence-corrected chi connectivity index (χ1v) is 9.14. The number of nitrogens with one attached hydrogen (secondary N) is 2. The van der Waals surface area contributed by atoms with Crippen LogP contribution in [0.5, 0.6) is 0 Å². The Morgan fingerprint density at radius 1 is 1.33 bits per heavy atom. The van der Waals surface area contributed by atoms with Crippen LogP contribution >= 0.6 is 0 Å². The highest BCUT2D eigenvalue weighted by Crippen LogP contribution is 2.25. The molecule has 7 nitrogen and oxygen atoms in total. The largest absolute Gasteiger partial charge is 0.467 e. The van der Waals surface area contributed by atoms with Crippen molar-refractivity contribution >= 4 is 17.8 Å². The van der Waals surface area contributed by atoms with Crippen LogP contribution in [-0.2, 0) is 30.3 Å². The average molecular weight is 376 g/mol. The summed E-state index contributed by atoms with van der Waals surface area (Å²) < 4.78 is 9.87. The lowest BCUT2D eigenvalue weighted by Gasteiger charge is -2.31. The predicted molar refractivity (Wildman–Crippen MR) is 100 cm³/mol. The normalized spacial score (nSPS) is 21.2. The first-order valence-electron chi connectivity index (χ1n) is 9.14. The first kappa shape index (κ1) is 20.9. The fraction of sp³-hybridized carbons (Fsp3) is 0.550. The van der Waals surface area contributed by atoms with Gasteiger partial charge in [0.15, 0.2) is 6.04 Å². The van der Waals surface area contributed by atoms with E-state index < -0.39 is 29.6 Å². The summed E-state index contributed by atoms with van der Waals surface area (Å²) in [6.07, 6.45) is 1.19. The lowest BCUT2D eigenvalue weighted by atomic mass is 9.87. The molecule has 0 aromatic heterocycles. The van der Waals surface area contributed by atoms with E-state index in [1.54, 1.807) is 6.92 Å². The molecule has 1 aliphatic heterocycles. The van der Waals surface area contributed by atoms with Gasteiger partial charge in [0.1, 0.15) is 11.6 Å². The van der Waals surface area contributed by atoms with Crippen LogP contribution in [0.15, 0.2) is 24.3 Å². The molecular formula is C20H28N2O5. The molecule has 2 rings (SSSR count). The molecule has 0 bridgehead atoms. The number of esters is 2. The maximum Gasteiger partial charge on any atom is 0.332 e. The van der Waals surface area contributed by atoms with Gasteiger partial charge in [-0.1, -0.05) is 29.8 Å². The smallest absolute Gasteiger partial charge is 0.332 e. The maximum atomic E-state index is 13.2. The van der Waals surface area contributed by atoms with Gasteiger partial charge in [0.2, 0.25) is 5.91 Å². The third kappa shape index (κ3) is 5.29. The molecule has 7 heteroatoms. The first-order chi connectivity index (χ1) is 12.8. The van der Waals surface area contributed by atoms with Crippen LogP contribution in [0, 0.1) is 6.92 Å². The van der Waals surface area contributed by atoms with Crippen LogP contribution in [-0.4, -0.2) is 49.2 Å². The fourth-order valence-electron chi connectivity index (χ4n) is 3.51. The molecule has 1 saturated heterocycles. The summed E-state index contributed by atoms with van der Waals surface area (Å²) in [6.45, 7) is 5.54. The van der Waals surface area contributed by atoms with E-state index in [0.29, 0.717) is 12.8 Å². The summed E-state index contributed by atoms with van der Waals surface area (Å²) in [5.41, 5.74) is 1.36. The van der Waals surface area contributed by atoms with E-state index in [1.807, 2.05) is 31.2 Å². The van der Waals surface area contributed by atoms with Gasteiger partial charge in [-0.05, 0) is 45.2 Å². The summed E-state index contributed by atoms with van der Waals surface area (Å²) in [5.74, 6) is -1.48. The zero-order valence-electron chi connectivity index (χ0n) is 16.3. The van der Waals surface area contributed by atoms with Gasteiger partial charge in [0, 0.05) is 6.92 Å². The van der Waals surface area contributed by atoms with Crippen molar-refractivity contribution in [3.05, 3.63) is 35.4 Å². The van der Waals surface area contributed by atoms with Gasteiger partial charge in [0.25, 0.3) is 0 Å². The molecule has 1 aromatic carbocycles. The Kier molecular flexibility index (Phi) is 6.96. The van der Waals surface area contributed by atoms with Crippen molar-refractivity contribution in [2.24, 2.45) is 0 Å². The Balaban J connectivity index is 2.21. The standard InChI is InChI=1S/C20H28N2O5/c1-13-7-5-8-16(11-13)12-20(9-6-10-21-20)19(25)22-17(18(24)26-4)14(2)27-15(3)23/h5,7-8,11,14,17,21H,6,9-10,12H2,1-4H3,(H,22,25). The van der Waals surface area contributed by atoms with Gasteiger partial charge in [-0.2, -0.15) is 0 Å². The number of ether oxygens (including phenoxy) is 2. The van der Waals surface area contributed by atoms with Gasteiger partial charge < -0.3 is 20.1 Å². The van der Waals surface area contributed by atoms with E-state index in [9.17, 15) is 14.4 Å². The number of carbonyl (C=O) groups is 3. The number of carbonyl (C=O) groups excluding carboxylic acids is 3. The van der Waals surface area contributed by atoms with Gasteiger partial charge >= 0.3 is 11.9 Å². The van der Waals surface area contributed by atoms with Crippen LogP contribution in [0.1, 0.15) is 37.8 Å². The zero-order chi connectivity index (χ0) is 20.0. The van der Waals surface area contributed by atoms with Crippen molar-refractivity contribution in [1.29, 1.82) is 0 Å². The molecule has 0 radical (unpaired) electrons. The molecule has 3 atom stereocenters. The highest BCUT2D eigenvalue weighted by Gasteiger charge is 2.43. The van der Waals surface area contributed by atoms with Crippen molar-refractivity contribution in [3.63, 3.8) is 0 Å². The highest BCUT2D eigenvalue weighted by atomic mass is 16.6. The number of benzene rings is 1. The summed E-state index contributed by atoms with van der Waals surface area (Å²) in [6, 6.07) is 6.94. The molecule has 1 aromatic rings. The van der Waals surface area contributed by atoms with Crippen LogP contribution in [0.2, 0.25) is 0 Å². The Bertz CT molecular complexity index is 697. The third-order valence-corrected chi connectivity index (χ3v) is 4.83. The second-order valence-electron chi connectivity index (χ2n) is 7.07. The molecule has 148 valence electrons. The van der Waals surface area contributed by atoms with Crippen LogP contribution < -0.4 is 10.6 Å². The van der Waals surface area contributed by atoms with Crippen LogP contribution in [0.4, 0.5) is 0 Å². The lowest BCUT2D eigenvalue weighted by molar-refractivity contribution is -0.156. The summed E-state index contributed by atoms with van der Waals surface area (Å²) in [4.78, 5) is 36.5. The Morgan fingerprint density at radius 3 is 2.63 bits per heavy atom. The van der Waals surface area contributed by atoms with Crippen molar-refractivity contribution in [2.75, 3.05) is 13.7 Å². The predicted octanol–water partition coefficient (Wildman–Crippen LogP) is 1.27. The van der Waals surface area contributed by atoms with Crippen LogP contribution in [0.25, 0.3) is 0 Å². The topological polar surface area (TPSA) is 93.7 Å². The maximum absolute atomic E-state index is 13.2. The molecule has 1 aliphatic rings. The summed E-state index contributed by atoms with van der Waals surface area (Å²) in [7, 11) is 1.23. The minimum Gasteiger partial charge on any atom is -0.467 e. The van der Waals surface area contributed by atoms with E-state index in [0.717, 1.165) is 24.1 Å². The Morgan fingerprint density at radius 2 is 2.07 bits per heavy atom. The van der Waals surface area contributed by atoms with E-state index >= 15 is 0 Å². The highest BCUT2D eigenvalue weighted by molar-refractivity contribution is 5.91. The second-order valence-corrected chi connectivity index (χ2v) is 7.07. The number of hydrogen-bond acceptors (Lipinski definition) is 6. The summed E-state index contributed by atoms with van der Waals surface area (Å²) >= 11 is 0. The Hall–Kier alpha value is -2.41. The molecule has 2 N–H and O–H groups in total. The van der Waals surface area contributed by atoms with Crippen molar-refractivity contribution < 1.29 is 23.9 Å². The van der Waals surface area contributed by atoms with E-state index in [-0.39, 0.29) is 5.91 Å². The SMILES string of the molecule is COC(=O)C(NC(=O)C1(Cc2cccc(C)c2)CCCN1)C(C)OC(C)=O. The zero-order valence-corrected chi connectivity index (χ0v) is 16.3. The number of aryl methyl sites for hydroxylation is 1. The molecule has 1 amide bonds. The van der Waals surface area contributed by atoms with Crippen LogP contribution in [0.3, 0.4) is 0 Å². The van der Waals surface area contributed by atoms with Gasteiger partial charge in [-0.25, -0.2) is 4.79 Å². The molecular weight excluding hydrogens is 348 g/mol. The van der Waals surface area contributed by atoms with Gasteiger partial charge in [0.05, 0.1) is 7.11 Å². The van der Waals surface area contributed by atoms with E-state index in [4.69, 9.17) is 9.47 Å². The quantitative estimate of drug-likeness (QED) is 0.696. The third-order valence-electron chi connectivity index (χ3n) is 4.83. The molecule has 0 spiro atoms. The lowest BCUT2D eigenvalue weighted by Crippen LogP contribution is -2.60. The van der Waals surface area contributed by atoms with Gasteiger partial charge in [-0.3, -0.25) is 9.59 Å². The molecule has 1 heterocycles. The molecule has 1 fully saturated rings. The minimum absolute atomic E-state index is 0.295. The number of amides is 1. The van der Waals surface area contributed by atoms with Crippen molar-refractivity contribution in [2.45, 2.75) is 57.7 Å². The minimum atomic E-state index is -1.07. The average Bonchev–Trinajstić information content (AvgIpc) is 3.07. The molecule has 0 aliphatic carbocycles. The number of hydrogen-bond donors (Lipinski definition) is 2. The fourth-order valence-corrected chi connectivity index (χ4v) is 3.51. The monoisotopic (exact) mass is 376 g/mol. The molecule has 0 saturated carbocycles. The summed E-state index contributed by atoms with van der Waals surface area (Å²) in [5, 5.41) is 6.05. The Labute approximate surface area is 159 Å². The number of methoxy groups -OCH3 is 1.